The van der Waals surface area contributed by atoms with Crippen LogP contribution in [0.3, 0.4) is 0 Å². The highest BCUT2D eigenvalue weighted by molar-refractivity contribution is 5.77. The van der Waals surface area contributed by atoms with Crippen molar-refractivity contribution in [2.24, 2.45) is 11.7 Å². The number of rotatable bonds is 1. The quantitative estimate of drug-likeness (QED) is 0.424. The maximum atomic E-state index is 10.5. The largest absolute Gasteiger partial charge is 0.390 e. The van der Waals surface area contributed by atoms with Crippen LogP contribution < -0.4 is 5.73 Å². The number of aliphatic hydroxyl groups is 2. The van der Waals surface area contributed by atoms with Gasteiger partial charge in [0.1, 0.15) is 0 Å². The van der Waals surface area contributed by atoms with E-state index in [4.69, 9.17) is 15.9 Å². The molecule has 1 fully saturated rings. The molecule has 0 spiro atoms. The molecule has 58 valence electrons. The Morgan fingerprint density at radius 1 is 1.40 bits per heavy atom. The molecule has 3 atom stereocenters. The summed E-state index contributed by atoms with van der Waals surface area (Å²) >= 11 is 0. The summed E-state index contributed by atoms with van der Waals surface area (Å²) in [5.74, 6) is -1.07. The van der Waals surface area contributed by atoms with Gasteiger partial charge in [0.2, 0.25) is 5.91 Å². The zero-order valence-electron chi connectivity index (χ0n) is 5.53. The summed E-state index contributed by atoms with van der Waals surface area (Å²) in [6.07, 6.45) is -0.748. The molecule has 3 unspecified atom stereocenters. The van der Waals surface area contributed by atoms with Crippen molar-refractivity contribution >= 4 is 5.91 Å². The number of carbonyl (C=O) groups is 1. The Hall–Kier alpha value is -0.610. The van der Waals surface area contributed by atoms with Crippen LogP contribution >= 0.6 is 0 Å². The Morgan fingerprint density at radius 2 is 2.00 bits per heavy atom. The predicted molar refractivity (Wildman–Crippen MR) is 33.9 cm³/mol. The van der Waals surface area contributed by atoms with Crippen molar-refractivity contribution in [3.8, 4) is 0 Å². The summed E-state index contributed by atoms with van der Waals surface area (Å²) < 4.78 is 0. The van der Waals surface area contributed by atoms with Crippen molar-refractivity contribution in [1.82, 2.24) is 0 Å². The van der Waals surface area contributed by atoms with E-state index in [1.165, 1.54) is 0 Å². The van der Waals surface area contributed by atoms with Gasteiger partial charge < -0.3 is 15.9 Å². The third-order valence-corrected chi connectivity index (χ3v) is 1.95. The summed E-state index contributed by atoms with van der Waals surface area (Å²) in [7, 11) is 0. The average Bonchev–Trinajstić information content (AvgIpc) is 2.14. The minimum atomic E-state index is -0.947. The van der Waals surface area contributed by atoms with E-state index >= 15 is 0 Å². The van der Waals surface area contributed by atoms with Crippen LogP contribution in [-0.2, 0) is 4.79 Å². The fourth-order valence-electron chi connectivity index (χ4n) is 1.27. The molecule has 0 aliphatic heterocycles. The summed E-state index contributed by atoms with van der Waals surface area (Å²) in [6.45, 7) is 0. The first-order chi connectivity index (χ1) is 4.63. The van der Waals surface area contributed by atoms with Crippen molar-refractivity contribution in [2.45, 2.75) is 25.0 Å². The normalized spacial score (nSPS) is 40.0. The summed E-state index contributed by atoms with van der Waals surface area (Å²) in [6, 6.07) is 0. The maximum absolute atomic E-state index is 10.5. The highest BCUT2D eigenvalue weighted by Crippen LogP contribution is 2.25. The van der Waals surface area contributed by atoms with Gasteiger partial charge in [0, 0.05) is 0 Å². The van der Waals surface area contributed by atoms with Crippen LogP contribution in [-0.4, -0.2) is 28.3 Å². The molecular weight excluding hydrogens is 134 g/mol. The van der Waals surface area contributed by atoms with E-state index < -0.39 is 24.0 Å². The lowest BCUT2D eigenvalue weighted by atomic mass is 10.1. The molecule has 0 bridgehead atoms. The van der Waals surface area contributed by atoms with Crippen LogP contribution in [0.15, 0.2) is 0 Å². The molecular formula is C6H11NO3. The highest BCUT2D eigenvalue weighted by Gasteiger charge is 2.36. The smallest absolute Gasteiger partial charge is 0.223 e. The molecule has 0 radical (unpaired) electrons. The van der Waals surface area contributed by atoms with E-state index in [2.05, 4.69) is 0 Å². The molecule has 10 heavy (non-hydrogen) atoms. The third kappa shape index (κ3) is 1.12. The average molecular weight is 145 g/mol. The van der Waals surface area contributed by atoms with Gasteiger partial charge in [0.05, 0.1) is 18.1 Å². The number of nitrogens with two attached hydrogens (primary N) is 1. The van der Waals surface area contributed by atoms with Gasteiger partial charge in [-0.1, -0.05) is 0 Å². The second kappa shape index (κ2) is 2.56. The molecule has 4 N–H and O–H groups in total. The van der Waals surface area contributed by atoms with Gasteiger partial charge in [0.25, 0.3) is 0 Å². The highest BCUT2D eigenvalue weighted by atomic mass is 16.3. The molecule has 0 saturated heterocycles. The zero-order chi connectivity index (χ0) is 7.72. The van der Waals surface area contributed by atoms with Crippen molar-refractivity contribution in [1.29, 1.82) is 0 Å². The fourth-order valence-corrected chi connectivity index (χ4v) is 1.27. The van der Waals surface area contributed by atoms with Crippen LogP contribution in [0.5, 0.6) is 0 Å². The van der Waals surface area contributed by atoms with Gasteiger partial charge in [0.15, 0.2) is 0 Å². The Balaban J connectivity index is 2.57. The van der Waals surface area contributed by atoms with E-state index in [1.807, 2.05) is 0 Å². The van der Waals surface area contributed by atoms with Crippen molar-refractivity contribution < 1.29 is 15.0 Å². The van der Waals surface area contributed by atoms with Gasteiger partial charge in [-0.15, -0.1) is 0 Å². The molecule has 1 aliphatic carbocycles. The molecule has 0 aromatic rings. The third-order valence-electron chi connectivity index (χ3n) is 1.95. The topological polar surface area (TPSA) is 83.6 Å². The van der Waals surface area contributed by atoms with E-state index in [9.17, 15) is 4.79 Å². The molecule has 1 rings (SSSR count). The van der Waals surface area contributed by atoms with E-state index in [-0.39, 0.29) is 0 Å². The van der Waals surface area contributed by atoms with Crippen LogP contribution in [0.1, 0.15) is 12.8 Å². The van der Waals surface area contributed by atoms with Crippen molar-refractivity contribution in [2.75, 3.05) is 0 Å². The molecule has 0 aromatic heterocycles. The van der Waals surface area contributed by atoms with Gasteiger partial charge in [-0.05, 0) is 12.8 Å². The Bertz CT molecular complexity index is 148. The number of aliphatic hydroxyl groups excluding tert-OH is 2. The second-order valence-electron chi connectivity index (χ2n) is 2.64. The van der Waals surface area contributed by atoms with E-state index in [0.29, 0.717) is 12.8 Å². The molecule has 1 saturated carbocycles. The first kappa shape index (κ1) is 7.50. The van der Waals surface area contributed by atoms with Crippen LogP contribution in [0.2, 0.25) is 0 Å². The summed E-state index contributed by atoms with van der Waals surface area (Å²) in [5.41, 5.74) is 4.94. The first-order valence-corrected chi connectivity index (χ1v) is 3.28. The molecule has 0 aromatic carbocycles. The lowest BCUT2D eigenvalue weighted by molar-refractivity contribution is -0.125. The standard InChI is InChI=1S/C6H11NO3/c7-6(10)3-1-2-4(8)5(3)9/h3-5,8-9H,1-2H2,(H2,7,10). The number of hydrogen-bond acceptors (Lipinski definition) is 3. The van der Waals surface area contributed by atoms with Gasteiger partial charge in [-0.25, -0.2) is 0 Å². The fraction of sp³-hybridized carbons (Fsp3) is 0.833. The van der Waals surface area contributed by atoms with Gasteiger partial charge in [-0.3, -0.25) is 4.79 Å². The van der Waals surface area contributed by atoms with Gasteiger partial charge in [-0.2, -0.15) is 0 Å². The number of amides is 1. The summed E-state index contributed by atoms with van der Waals surface area (Å²) in [4.78, 5) is 10.5. The number of carbonyl (C=O) groups excluding carboxylic acids is 1. The lowest BCUT2D eigenvalue weighted by Crippen LogP contribution is -2.34. The first-order valence-electron chi connectivity index (χ1n) is 3.28. The molecule has 0 heterocycles. The molecule has 4 nitrogen and oxygen atoms in total. The monoisotopic (exact) mass is 145 g/mol. The Morgan fingerprint density at radius 3 is 2.20 bits per heavy atom. The van der Waals surface area contributed by atoms with Crippen molar-refractivity contribution in [3.05, 3.63) is 0 Å². The van der Waals surface area contributed by atoms with Crippen LogP contribution in [0.4, 0.5) is 0 Å². The summed E-state index contributed by atoms with van der Waals surface area (Å²) in [5, 5.41) is 18.0. The second-order valence-corrected chi connectivity index (χ2v) is 2.64. The SMILES string of the molecule is NC(=O)C1CCC(O)C1O. The van der Waals surface area contributed by atoms with E-state index in [0.717, 1.165) is 0 Å². The Labute approximate surface area is 58.6 Å². The predicted octanol–water partition coefficient (Wildman–Crippen LogP) is -1.40. The number of primary amides is 1. The lowest BCUT2D eigenvalue weighted by Gasteiger charge is -2.11. The van der Waals surface area contributed by atoms with Crippen molar-refractivity contribution in [3.63, 3.8) is 0 Å². The Kier molecular flexibility index (Phi) is 1.92. The molecule has 1 amide bonds. The van der Waals surface area contributed by atoms with Crippen LogP contribution in [0, 0.1) is 5.92 Å². The minimum Gasteiger partial charge on any atom is -0.390 e. The number of hydrogen-bond donors (Lipinski definition) is 3. The van der Waals surface area contributed by atoms with E-state index in [1.54, 1.807) is 0 Å². The molecule has 4 heteroatoms. The van der Waals surface area contributed by atoms with Crippen LogP contribution in [0.25, 0.3) is 0 Å². The minimum absolute atomic E-state index is 0.467. The zero-order valence-corrected chi connectivity index (χ0v) is 5.53. The molecule has 1 aliphatic rings. The maximum Gasteiger partial charge on any atom is 0.223 e. The van der Waals surface area contributed by atoms with Gasteiger partial charge >= 0.3 is 0 Å².